The van der Waals surface area contributed by atoms with Gasteiger partial charge >= 0.3 is 18.1 Å². The number of aromatic hydroxyl groups is 2. The normalized spacial score (nSPS) is 29.5. The summed E-state index contributed by atoms with van der Waals surface area (Å²) in [6, 6.07) is 5.11. The number of hydrogen-bond acceptors (Lipinski definition) is 17. The van der Waals surface area contributed by atoms with Gasteiger partial charge in [0.25, 0.3) is 0 Å². The Hall–Kier alpha value is -5.08. The van der Waals surface area contributed by atoms with Crippen LogP contribution in [0, 0.1) is 0 Å². The van der Waals surface area contributed by atoms with Crippen molar-refractivity contribution in [2.75, 3.05) is 0 Å². The third-order valence-corrected chi connectivity index (χ3v) is 7.91. The zero-order valence-corrected chi connectivity index (χ0v) is 22.1. The fraction of sp³-hybridized carbons (Fsp3) is 0.259. The molecule has 0 aliphatic heterocycles. The Bertz CT molecular complexity index is 1770. The van der Waals surface area contributed by atoms with Gasteiger partial charge in [-0.05, 0) is 29.8 Å². The van der Waals surface area contributed by atoms with Gasteiger partial charge in [-0.25, -0.2) is 9.59 Å². The van der Waals surface area contributed by atoms with Crippen LogP contribution in [-0.4, -0.2) is 108 Å². The smallest absolute Gasteiger partial charge is 0.508 e. The second kappa shape index (κ2) is 9.71. The number of phenolic OH excluding ortho intramolecular Hbond substituents is 2. The first kappa shape index (κ1) is 31.3. The molecule has 0 radical (unpaired) electrons. The number of ether oxygens (including phenoxy) is 2. The number of carboxylic acid groups (broad SMARTS) is 1. The van der Waals surface area contributed by atoms with E-state index >= 15 is 0 Å². The molecule has 5 atom stereocenters. The molecular weight excluding hydrogens is 612 g/mol. The van der Waals surface area contributed by atoms with Gasteiger partial charge in [0, 0.05) is 6.42 Å². The molecule has 0 heterocycles. The highest BCUT2D eigenvalue weighted by Crippen LogP contribution is 2.59. The first-order valence-corrected chi connectivity index (χ1v) is 12.5. The van der Waals surface area contributed by atoms with E-state index in [2.05, 4.69) is 0 Å². The van der Waals surface area contributed by atoms with Gasteiger partial charge in [0.15, 0.2) is 28.8 Å². The zero-order chi connectivity index (χ0) is 33.6. The Labute approximate surface area is 248 Å². The lowest BCUT2D eigenvalue weighted by atomic mass is 9.52. The molecule has 3 aliphatic carbocycles. The highest BCUT2D eigenvalue weighted by Gasteiger charge is 2.79. The number of rotatable bonds is 4. The van der Waals surface area contributed by atoms with Crippen LogP contribution in [-0.2, 0) is 25.1 Å². The standard InChI is InChI=1S/C27H22O18/c28-8-4-5-13(10(6-8)27(41,42)43)44-23(37)45-22-24(38)7-12(30)15(21(35)36)19(33)26(24,40)20(34)16-17(31)14-9(2-1-3-11(14)29)18(32)25(16,22)39/h1-6,18,22,28-29,31-33,38-43H,7H2,(H,35,36)/t18-,22+,24-,25+,26+/m1/s1. The summed E-state index contributed by atoms with van der Waals surface area (Å²) in [6.07, 6.45) is -9.41. The van der Waals surface area contributed by atoms with Crippen molar-refractivity contribution in [2.45, 2.75) is 41.4 Å². The maximum absolute atomic E-state index is 13.8. The molecule has 45 heavy (non-hydrogen) atoms. The van der Waals surface area contributed by atoms with Crippen LogP contribution >= 0.6 is 0 Å². The van der Waals surface area contributed by atoms with Crippen molar-refractivity contribution in [2.24, 2.45) is 0 Å². The van der Waals surface area contributed by atoms with Crippen molar-refractivity contribution in [3.8, 4) is 17.2 Å². The number of phenols is 2. The molecule has 2 aromatic carbocycles. The number of ketones is 2. The summed E-state index contributed by atoms with van der Waals surface area (Å²) in [4.78, 5) is 51.5. The average Bonchev–Trinajstić information content (AvgIpc) is 2.92. The summed E-state index contributed by atoms with van der Waals surface area (Å²) in [7, 11) is 0. The summed E-state index contributed by atoms with van der Waals surface area (Å²) in [6.45, 7) is 0. The zero-order valence-electron chi connectivity index (χ0n) is 22.1. The van der Waals surface area contributed by atoms with Crippen molar-refractivity contribution < 1.29 is 89.9 Å². The molecule has 0 unspecified atom stereocenters. The van der Waals surface area contributed by atoms with Crippen LogP contribution < -0.4 is 4.74 Å². The molecule has 0 saturated heterocycles. The van der Waals surface area contributed by atoms with E-state index in [-0.39, 0.29) is 0 Å². The highest BCUT2D eigenvalue weighted by atomic mass is 16.7. The van der Waals surface area contributed by atoms with E-state index in [9.17, 15) is 80.5 Å². The first-order chi connectivity index (χ1) is 20.7. The van der Waals surface area contributed by atoms with Gasteiger partial charge in [-0.3, -0.25) is 9.59 Å². The monoisotopic (exact) mass is 634 g/mol. The second-order valence-corrected chi connectivity index (χ2v) is 10.5. The summed E-state index contributed by atoms with van der Waals surface area (Å²) < 4.78 is 9.83. The largest absolute Gasteiger partial charge is 0.514 e. The Morgan fingerprint density at radius 1 is 0.956 bits per heavy atom. The quantitative estimate of drug-likeness (QED) is 0.0730. The molecule has 238 valence electrons. The number of aliphatic hydroxyl groups is 9. The molecule has 5 rings (SSSR count). The number of carboxylic acids is 1. The minimum atomic E-state index is -4.00. The lowest BCUT2D eigenvalue weighted by molar-refractivity contribution is -0.324. The summed E-state index contributed by atoms with van der Waals surface area (Å²) in [5, 5.41) is 127. The second-order valence-electron chi connectivity index (χ2n) is 10.5. The summed E-state index contributed by atoms with van der Waals surface area (Å²) in [5.41, 5.74) is -16.8. The molecule has 18 heteroatoms. The van der Waals surface area contributed by atoms with E-state index < -0.39 is 122 Å². The van der Waals surface area contributed by atoms with Crippen LogP contribution in [0.3, 0.4) is 0 Å². The molecule has 1 saturated carbocycles. The van der Waals surface area contributed by atoms with Gasteiger partial charge in [0.05, 0.1) is 16.7 Å². The number of aliphatic carboxylic acids is 1. The molecule has 18 nitrogen and oxygen atoms in total. The Morgan fingerprint density at radius 2 is 1.60 bits per heavy atom. The molecular formula is C27H22O18. The highest BCUT2D eigenvalue weighted by molar-refractivity contribution is 6.22. The van der Waals surface area contributed by atoms with Crippen LogP contribution in [0.4, 0.5) is 4.79 Å². The van der Waals surface area contributed by atoms with E-state index in [4.69, 9.17) is 9.47 Å². The van der Waals surface area contributed by atoms with Crippen LogP contribution in [0.25, 0.3) is 5.76 Å². The Kier molecular flexibility index (Phi) is 6.76. The van der Waals surface area contributed by atoms with E-state index in [0.717, 1.165) is 24.3 Å². The maximum Gasteiger partial charge on any atom is 0.514 e. The van der Waals surface area contributed by atoms with E-state index in [1.807, 2.05) is 0 Å². The molecule has 2 aromatic rings. The minimum Gasteiger partial charge on any atom is -0.508 e. The predicted octanol–water partition coefficient (Wildman–Crippen LogP) is -2.27. The summed E-state index contributed by atoms with van der Waals surface area (Å²) in [5.74, 6) is -15.5. The predicted molar refractivity (Wildman–Crippen MR) is 137 cm³/mol. The summed E-state index contributed by atoms with van der Waals surface area (Å²) >= 11 is 0. The van der Waals surface area contributed by atoms with Gasteiger partial charge in [-0.15, -0.1) is 0 Å². The van der Waals surface area contributed by atoms with Gasteiger partial charge < -0.3 is 70.8 Å². The van der Waals surface area contributed by atoms with Crippen LogP contribution in [0.2, 0.25) is 0 Å². The molecule has 3 aliphatic rings. The maximum atomic E-state index is 13.8. The van der Waals surface area contributed by atoms with Gasteiger partial charge in [-0.2, -0.15) is 0 Å². The molecule has 0 aromatic heterocycles. The van der Waals surface area contributed by atoms with Crippen molar-refractivity contribution in [1.82, 2.24) is 0 Å². The first-order valence-electron chi connectivity index (χ1n) is 12.5. The topological polar surface area (TPSA) is 330 Å². The fourth-order valence-corrected chi connectivity index (χ4v) is 5.89. The van der Waals surface area contributed by atoms with Gasteiger partial charge in [-0.1, -0.05) is 12.1 Å². The van der Waals surface area contributed by atoms with Crippen molar-refractivity contribution >= 4 is 29.5 Å². The van der Waals surface area contributed by atoms with Crippen molar-refractivity contribution in [3.63, 3.8) is 0 Å². The minimum absolute atomic E-state index is 0.519. The number of Topliss-reactive ketones (excluding diaryl/α,β-unsaturated/α-hetero) is 2. The van der Waals surface area contributed by atoms with Crippen LogP contribution in [0.15, 0.2) is 53.3 Å². The number of carbonyl (C=O) groups excluding carboxylic acids is 3. The van der Waals surface area contributed by atoms with Crippen LogP contribution in [0.5, 0.6) is 17.2 Å². The number of carbonyl (C=O) groups is 4. The third kappa shape index (κ3) is 4.09. The van der Waals surface area contributed by atoms with E-state index in [1.165, 1.54) is 0 Å². The molecule has 12 N–H and O–H groups in total. The third-order valence-electron chi connectivity index (χ3n) is 7.91. The molecule has 0 bridgehead atoms. The lowest BCUT2D eigenvalue weighted by Crippen LogP contribution is -2.80. The molecule has 1 fully saturated rings. The number of fused-ring (bicyclic) bond motifs is 3. The molecule has 0 amide bonds. The average molecular weight is 634 g/mol. The Balaban J connectivity index is 1.76. The van der Waals surface area contributed by atoms with Gasteiger partial charge in [0.1, 0.15) is 34.7 Å². The van der Waals surface area contributed by atoms with Crippen molar-refractivity contribution in [3.05, 3.63) is 70.0 Å². The molecule has 0 spiro atoms. The SMILES string of the molecule is O=C(Oc1ccc(O)cc1C(O)(O)O)O[C@@H]1[C@]2(O)C(=C(O)c3c(O)cccc3[C@H]2O)C(=O)[C@@]2(O)C(O)=C(C(=O)O)C(=O)C[C@@]12O. The van der Waals surface area contributed by atoms with E-state index in [0.29, 0.717) is 12.1 Å². The lowest BCUT2D eigenvalue weighted by Gasteiger charge is -2.58. The number of benzene rings is 2. The number of aliphatic hydroxyl groups excluding tert-OH is 3. The van der Waals surface area contributed by atoms with E-state index in [1.54, 1.807) is 0 Å². The van der Waals surface area contributed by atoms with Crippen molar-refractivity contribution in [1.29, 1.82) is 0 Å². The van der Waals surface area contributed by atoms with Gasteiger partial charge in [0.2, 0.25) is 11.4 Å². The fourth-order valence-electron chi connectivity index (χ4n) is 5.89. The van der Waals surface area contributed by atoms with Crippen LogP contribution in [0.1, 0.15) is 29.2 Å². The Morgan fingerprint density at radius 3 is 2.20 bits per heavy atom. The number of hydrogen-bond donors (Lipinski definition) is 12.